The van der Waals surface area contributed by atoms with Gasteiger partial charge in [0.2, 0.25) is 0 Å². The van der Waals surface area contributed by atoms with Crippen molar-refractivity contribution in [1.82, 2.24) is 9.97 Å². The Kier molecular flexibility index (Phi) is 3.71. The van der Waals surface area contributed by atoms with Crippen LogP contribution in [0.5, 0.6) is 0 Å². The number of halogens is 2. The Balaban J connectivity index is 2.35. The van der Waals surface area contributed by atoms with Crippen molar-refractivity contribution in [2.24, 2.45) is 5.84 Å². The summed E-state index contributed by atoms with van der Waals surface area (Å²) >= 11 is 0. The summed E-state index contributed by atoms with van der Waals surface area (Å²) in [5.74, 6) is 5.11. The van der Waals surface area contributed by atoms with Gasteiger partial charge >= 0.3 is 0 Å². The van der Waals surface area contributed by atoms with Crippen molar-refractivity contribution in [3.05, 3.63) is 52.5 Å². The van der Waals surface area contributed by atoms with Crippen molar-refractivity contribution < 1.29 is 8.78 Å². The lowest BCUT2D eigenvalue weighted by Gasteiger charge is -2.09. The van der Waals surface area contributed by atoms with Gasteiger partial charge in [0.25, 0.3) is 0 Å². The van der Waals surface area contributed by atoms with E-state index in [1.807, 2.05) is 13.8 Å². The van der Waals surface area contributed by atoms with Crippen LogP contribution in [0.2, 0.25) is 0 Å². The molecule has 19 heavy (non-hydrogen) atoms. The molecule has 0 saturated carbocycles. The van der Waals surface area contributed by atoms with Gasteiger partial charge in [-0.15, -0.1) is 0 Å². The van der Waals surface area contributed by atoms with Crippen LogP contribution in [0.25, 0.3) is 0 Å². The number of rotatable bonds is 3. The first kappa shape index (κ1) is 13.4. The summed E-state index contributed by atoms with van der Waals surface area (Å²) in [5.41, 5.74) is 4.58. The first-order valence-corrected chi connectivity index (χ1v) is 5.75. The fourth-order valence-corrected chi connectivity index (χ4v) is 1.80. The van der Waals surface area contributed by atoms with Crippen molar-refractivity contribution >= 4 is 5.82 Å². The second kappa shape index (κ2) is 5.27. The Labute approximate surface area is 109 Å². The highest BCUT2D eigenvalue weighted by atomic mass is 19.1. The average Bonchev–Trinajstić information content (AvgIpc) is 2.32. The molecule has 2 aromatic rings. The van der Waals surface area contributed by atoms with Gasteiger partial charge in [0, 0.05) is 23.7 Å². The van der Waals surface area contributed by atoms with Gasteiger partial charge in [-0.25, -0.2) is 24.6 Å². The molecule has 0 unspecified atom stereocenters. The lowest BCUT2D eigenvalue weighted by atomic mass is 10.1. The number of hydrogen-bond acceptors (Lipinski definition) is 4. The number of nitrogens with two attached hydrogens (primary N) is 1. The second-order valence-corrected chi connectivity index (χ2v) is 4.30. The summed E-state index contributed by atoms with van der Waals surface area (Å²) in [4.78, 5) is 8.50. The third-order valence-electron chi connectivity index (χ3n) is 2.86. The number of anilines is 1. The Morgan fingerprint density at radius 2 is 1.74 bits per heavy atom. The van der Waals surface area contributed by atoms with Crippen LogP contribution in [0.4, 0.5) is 14.6 Å². The van der Waals surface area contributed by atoms with Crippen LogP contribution in [0.1, 0.15) is 22.6 Å². The highest BCUT2D eigenvalue weighted by Gasteiger charge is 2.09. The SMILES string of the molecule is Cc1nc(Cc2cc(F)cc(F)c2)nc(NN)c1C. The molecular formula is C13H14F2N4. The number of nitrogens with one attached hydrogen (secondary N) is 1. The first-order valence-electron chi connectivity index (χ1n) is 5.75. The maximum Gasteiger partial charge on any atom is 0.146 e. The standard InChI is InChI=1S/C13H14F2N4/c1-7-8(2)17-12(18-13(7)19-16)5-9-3-10(14)6-11(15)4-9/h3-4,6H,5,16H2,1-2H3,(H,17,18,19). The van der Waals surface area contributed by atoms with Crippen molar-refractivity contribution in [2.75, 3.05) is 5.43 Å². The number of nitrogen functional groups attached to an aromatic ring is 1. The van der Waals surface area contributed by atoms with E-state index < -0.39 is 11.6 Å². The van der Waals surface area contributed by atoms with E-state index in [0.29, 0.717) is 17.2 Å². The van der Waals surface area contributed by atoms with Crippen molar-refractivity contribution in [3.8, 4) is 0 Å². The van der Waals surface area contributed by atoms with Crippen molar-refractivity contribution in [2.45, 2.75) is 20.3 Å². The number of benzene rings is 1. The molecule has 0 radical (unpaired) electrons. The molecule has 2 rings (SSSR count). The Morgan fingerprint density at radius 3 is 2.32 bits per heavy atom. The predicted molar refractivity (Wildman–Crippen MR) is 68.5 cm³/mol. The normalized spacial score (nSPS) is 10.6. The maximum absolute atomic E-state index is 13.1. The topological polar surface area (TPSA) is 63.8 Å². The van der Waals surface area contributed by atoms with E-state index in [1.165, 1.54) is 12.1 Å². The zero-order valence-corrected chi connectivity index (χ0v) is 10.7. The molecule has 100 valence electrons. The van der Waals surface area contributed by atoms with Crippen LogP contribution in [-0.4, -0.2) is 9.97 Å². The van der Waals surface area contributed by atoms with Crippen molar-refractivity contribution in [3.63, 3.8) is 0 Å². The van der Waals surface area contributed by atoms with Gasteiger partial charge in [-0.2, -0.15) is 0 Å². The summed E-state index contributed by atoms with van der Waals surface area (Å²) in [6.07, 6.45) is 0.241. The molecular weight excluding hydrogens is 250 g/mol. The quantitative estimate of drug-likeness (QED) is 0.659. The van der Waals surface area contributed by atoms with Crippen LogP contribution < -0.4 is 11.3 Å². The van der Waals surface area contributed by atoms with Gasteiger partial charge in [0.05, 0.1) is 0 Å². The van der Waals surface area contributed by atoms with Crippen LogP contribution in [0, 0.1) is 25.5 Å². The van der Waals surface area contributed by atoms with Gasteiger partial charge in [-0.3, -0.25) is 0 Å². The fraction of sp³-hybridized carbons (Fsp3) is 0.231. The molecule has 0 aliphatic carbocycles. The zero-order chi connectivity index (χ0) is 14.0. The van der Waals surface area contributed by atoms with E-state index >= 15 is 0 Å². The first-order chi connectivity index (χ1) is 8.99. The number of aryl methyl sites for hydroxylation is 1. The number of aromatic nitrogens is 2. The molecule has 4 nitrogen and oxygen atoms in total. The van der Waals surface area contributed by atoms with Gasteiger partial charge in [-0.1, -0.05) is 0 Å². The highest BCUT2D eigenvalue weighted by molar-refractivity contribution is 5.44. The van der Waals surface area contributed by atoms with E-state index in [1.54, 1.807) is 0 Å². The zero-order valence-electron chi connectivity index (χ0n) is 10.7. The number of hydrogen-bond donors (Lipinski definition) is 2. The molecule has 0 aliphatic heterocycles. The molecule has 1 aromatic heterocycles. The molecule has 0 amide bonds. The minimum Gasteiger partial charge on any atom is -0.308 e. The van der Waals surface area contributed by atoms with E-state index in [4.69, 9.17) is 5.84 Å². The maximum atomic E-state index is 13.1. The van der Waals surface area contributed by atoms with E-state index in [0.717, 1.165) is 17.3 Å². The Morgan fingerprint density at radius 1 is 1.11 bits per heavy atom. The third-order valence-corrected chi connectivity index (χ3v) is 2.86. The monoisotopic (exact) mass is 264 g/mol. The minimum absolute atomic E-state index is 0.241. The largest absolute Gasteiger partial charge is 0.308 e. The molecule has 0 aliphatic rings. The van der Waals surface area contributed by atoms with Gasteiger partial charge < -0.3 is 5.43 Å². The smallest absolute Gasteiger partial charge is 0.146 e. The van der Waals surface area contributed by atoms with Crippen molar-refractivity contribution in [1.29, 1.82) is 0 Å². The van der Waals surface area contributed by atoms with E-state index in [2.05, 4.69) is 15.4 Å². The van der Waals surface area contributed by atoms with Crippen LogP contribution in [0.15, 0.2) is 18.2 Å². The fourth-order valence-electron chi connectivity index (χ4n) is 1.80. The Bertz CT molecular complexity index is 594. The predicted octanol–water partition coefficient (Wildman–Crippen LogP) is 2.25. The number of hydrazine groups is 1. The molecule has 1 heterocycles. The molecule has 0 spiro atoms. The highest BCUT2D eigenvalue weighted by Crippen LogP contribution is 2.16. The Hall–Kier alpha value is -2.08. The van der Waals surface area contributed by atoms with Crippen LogP contribution in [-0.2, 0) is 6.42 Å². The summed E-state index contributed by atoms with van der Waals surface area (Å²) in [5, 5.41) is 0. The lowest BCUT2D eigenvalue weighted by molar-refractivity contribution is 0.580. The minimum atomic E-state index is -0.615. The van der Waals surface area contributed by atoms with E-state index in [9.17, 15) is 8.78 Å². The summed E-state index contributed by atoms with van der Waals surface area (Å²) in [6.45, 7) is 3.67. The molecule has 0 saturated heterocycles. The van der Waals surface area contributed by atoms with Crippen LogP contribution >= 0.6 is 0 Å². The second-order valence-electron chi connectivity index (χ2n) is 4.30. The summed E-state index contributed by atoms with van der Waals surface area (Å²) in [6, 6.07) is 3.35. The molecule has 0 bridgehead atoms. The molecule has 1 aromatic carbocycles. The van der Waals surface area contributed by atoms with Crippen LogP contribution in [0.3, 0.4) is 0 Å². The van der Waals surface area contributed by atoms with Gasteiger partial charge in [0.15, 0.2) is 0 Å². The molecule has 0 fully saturated rings. The lowest BCUT2D eigenvalue weighted by Crippen LogP contribution is -2.13. The van der Waals surface area contributed by atoms with E-state index in [-0.39, 0.29) is 6.42 Å². The molecule has 0 atom stereocenters. The van der Waals surface area contributed by atoms with Gasteiger partial charge in [0.1, 0.15) is 23.3 Å². The molecule has 3 N–H and O–H groups in total. The molecule has 6 heteroatoms. The number of nitrogens with zero attached hydrogens (tertiary/aromatic N) is 2. The third kappa shape index (κ3) is 3.03. The van der Waals surface area contributed by atoms with Gasteiger partial charge in [-0.05, 0) is 31.5 Å². The summed E-state index contributed by atoms with van der Waals surface area (Å²) in [7, 11) is 0. The summed E-state index contributed by atoms with van der Waals surface area (Å²) < 4.78 is 26.2. The average molecular weight is 264 g/mol.